The molecule has 6 heteroatoms. The number of hydrogen-bond acceptors (Lipinski definition) is 4. The molecule has 1 aliphatic rings. The lowest BCUT2D eigenvalue weighted by Gasteiger charge is -2.26. The molecule has 0 aliphatic carbocycles. The first-order chi connectivity index (χ1) is 9.78. The van der Waals surface area contributed by atoms with Gasteiger partial charge in [-0.3, -0.25) is 9.59 Å². The van der Waals surface area contributed by atoms with E-state index >= 15 is 0 Å². The molecule has 2 amide bonds. The summed E-state index contributed by atoms with van der Waals surface area (Å²) in [6, 6.07) is 2.96. The van der Waals surface area contributed by atoms with Gasteiger partial charge in [-0.25, -0.2) is 0 Å². The number of likely N-dealkylation sites (tertiary alicyclic amines) is 1. The topological polar surface area (TPSA) is 71.8 Å². The number of nitrogens with zero attached hydrogens (tertiary/aromatic N) is 1. The van der Waals surface area contributed by atoms with Crippen LogP contribution in [0.3, 0.4) is 0 Å². The fourth-order valence-corrected chi connectivity index (χ4v) is 2.40. The van der Waals surface area contributed by atoms with E-state index in [0.29, 0.717) is 19.5 Å². The summed E-state index contributed by atoms with van der Waals surface area (Å²) in [5.74, 6) is 0.228. The minimum absolute atomic E-state index is 0.0446. The smallest absolute Gasteiger partial charge is 0.287 e. The van der Waals surface area contributed by atoms with Gasteiger partial charge < -0.3 is 19.4 Å². The summed E-state index contributed by atoms with van der Waals surface area (Å²) in [6.45, 7) is 7.48. The minimum Gasteiger partial charge on any atom is -0.468 e. The van der Waals surface area contributed by atoms with Gasteiger partial charge in [0.15, 0.2) is 5.76 Å². The highest BCUT2D eigenvalue weighted by atomic mass is 16.6. The number of carbonyl (C=O) groups excluding carboxylic acids is 2. The van der Waals surface area contributed by atoms with E-state index in [-0.39, 0.29) is 35.0 Å². The summed E-state index contributed by atoms with van der Waals surface area (Å²) in [4.78, 5) is 25.8. The Hall–Kier alpha value is -1.98. The zero-order chi connectivity index (χ0) is 15.6. The Balaban J connectivity index is 1.92. The van der Waals surface area contributed by atoms with Gasteiger partial charge in [0.2, 0.25) is 5.91 Å². The standard InChI is InChI=1S/C15H22N2O4/c1-15(2,3)9-17-8-10(7-12(17)18)16-14(19)11-5-6-13(20-4)21-11/h5-6,10H,7-9H2,1-4H3,(H,16,19). The zero-order valence-corrected chi connectivity index (χ0v) is 12.9. The van der Waals surface area contributed by atoms with Crippen LogP contribution in [-0.2, 0) is 4.79 Å². The second-order valence-electron chi connectivity index (χ2n) is 6.53. The van der Waals surface area contributed by atoms with Gasteiger partial charge in [0.1, 0.15) is 0 Å². The van der Waals surface area contributed by atoms with Gasteiger partial charge >= 0.3 is 0 Å². The normalized spacial score (nSPS) is 19.0. The molecule has 21 heavy (non-hydrogen) atoms. The third-order valence-corrected chi connectivity index (χ3v) is 3.22. The van der Waals surface area contributed by atoms with Crippen LogP contribution in [0.4, 0.5) is 0 Å². The summed E-state index contributed by atoms with van der Waals surface area (Å²) < 4.78 is 10.1. The lowest BCUT2D eigenvalue weighted by Crippen LogP contribution is -2.39. The Morgan fingerprint density at radius 2 is 2.19 bits per heavy atom. The zero-order valence-electron chi connectivity index (χ0n) is 12.9. The molecule has 2 heterocycles. The Kier molecular flexibility index (Phi) is 4.25. The Morgan fingerprint density at radius 1 is 1.48 bits per heavy atom. The summed E-state index contributed by atoms with van der Waals surface area (Å²) in [5.41, 5.74) is 0.0446. The predicted molar refractivity (Wildman–Crippen MR) is 77.2 cm³/mol. The van der Waals surface area contributed by atoms with Gasteiger partial charge in [0.05, 0.1) is 13.2 Å². The fourth-order valence-electron chi connectivity index (χ4n) is 2.40. The van der Waals surface area contributed by atoms with Gasteiger partial charge in [0, 0.05) is 25.6 Å². The maximum absolute atomic E-state index is 12.0. The number of ether oxygens (including phenoxy) is 1. The van der Waals surface area contributed by atoms with Crippen molar-refractivity contribution in [1.29, 1.82) is 0 Å². The summed E-state index contributed by atoms with van der Waals surface area (Å²) in [6.07, 6.45) is 0.333. The van der Waals surface area contributed by atoms with Crippen molar-refractivity contribution in [2.75, 3.05) is 20.2 Å². The van der Waals surface area contributed by atoms with Crippen LogP contribution in [0.2, 0.25) is 0 Å². The molecule has 0 bridgehead atoms. The third kappa shape index (κ3) is 4.00. The maximum atomic E-state index is 12.0. The number of amides is 2. The minimum atomic E-state index is -0.325. The van der Waals surface area contributed by atoms with Crippen LogP contribution >= 0.6 is 0 Å². The molecular formula is C15H22N2O4. The van der Waals surface area contributed by atoms with Gasteiger partial charge in [0.25, 0.3) is 11.9 Å². The van der Waals surface area contributed by atoms with E-state index < -0.39 is 0 Å². The van der Waals surface area contributed by atoms with Crippen LogP contribution in [-0.4, -0.2) is 43.0 Å². The molecule has 1 saturated heterocycles. The van der Waals surface area contributed by atoms with E-state index in [1.54, 1.807) is 17.0 Å². The average molecular weight is 294 g/mol. The third-order valence-electron chi connectivity index (χ3n) is 3.22. The van der Waals surface area contributed by atoms with Crippen LogP contribution in [0.1, 0.15) is 37.7 Å². The fraction of sp³-hybridized carbons (Fsp3) is 0.600. The number of methoxy groups -OCH3 is 1. The summed E-state index contributed by atoms with van der Waals surface area (Å²) in [7, 11) is 1.47. The Labute approximate surface area is 124 Å². The molecule has 1 atom stereocenters. The van der Waals surface area contributed by atoms with Crippen molar-refractivity contribution in [2.24, 2.45) is 5.41 Å². The highest BCUT2D eigenvalue weighted by Gasteiger charge is 2.33. The van der Waals surface area contributed by atoms with Crippen LogP contribution in [0.15, 0.2) is 16.5 Å². The number of rotatable bonds is 4. The quantitative estimate of drug-likeness (QED) is 0.917. The van der Waals surface area contributed by atoms with Crippen molar-refractivity contribution in [3.8, 4) is 5.95 Å². The van der Waals surface area contributed by atoms with E-state index in [1.165, 1.54) is 7.11 Å². The van der Waals surface area contributed by atoms with E-state index in [9.17, 15) is 9.59 Å². The predicted octanol–water partition coefficient (Wildman–Crippen LogP) is 1.66. The highest BCUT2D eigenvalue weighted by molar-refractivity contribution is 5.92. The molecule has 116 valence electrons. The molecular weight excluding hydrogens is 272 g/mol. The van der Waals surface area contributed by atoms with E-state index in [2.05, 4.69) is 26.1 Å². The Bertz CT molecular complexity index is 530. The monoisotopic (exact) mass is 294 g/mol. The molecule has 2 rings (SSSR count). The van der Waals surface area contributed by atoms with Gasteiger partial charge in [-0.05, 0) is 11.5 Å². The van der Waals surface area contributed by atoms with Crippen molar-refractivity contribution in [3.63, 3.8) is 0 Å². The number of hydrogen-bond donors (Lipinski definition) is 1. The molecule has 6 nitrogen and oxygen atoms in total. The van der Waals surface area contributed by atoms with Crippen LogP contribution in [0.25, 0.3) is 0 Å². The average Bonchev–Trinajstić information content (AvgIpc) is 2.95. The summed E-state index contributed by atoms with van der Waals surface area (Å²) >= 11 is 0. The molecule has 0 saturated carbocycles. The van der Waals surface area contributed by atoms with Gasteiger partial charge in [-0.15, -0.1) is 0 Å². The SMILES string of the molecule is COc1ccc(C(=O)NC2CC(=O)N(CC(C)(C)C)C2)o1. The van der Waals surface area contributed by atoms with Gasteiger partial charge in [-0.1, -0.05) is 20.8 Å². The molecule has 0 aromatic carbocycles. The van der Waals surface area contributed by atoms with E-state index in [4.69, 9.17) is 9.15 Å². The highest BCUT2D eigenvalue weighted by Crippen LogP contribution is 2.21. The van der Waals surface area contributed by atoms with Crippen molar-refractivity contribution < 1.29 is 18.7 Å². The van der Waals surface area contributed by atoms with Crippen LogP contribution in [0.5, 0.6) is 5.95 Å². The van der Waals surface area contributed by atoms with Crippen molar-refractivity contribution in [3.05, 3.63) is 17.9 Å². The molecule has 1 aromatic heterocycles. The second kappa shape index (κ2) is 5.79. The molecule has 1 aromatic rings. The van der Waals surface area contributed by atoms with Crippen molar-refractivity contribution >= 4 is 11.8 Å². The largest absolute Gasteiger partial charge is 0.468 e. The first kappa shape index (κ1) is 15.4. The lowest BCUT2D eigenvalue weighted by molar-refractivity contribution is -0.128. The molecule has 1 N–H and O–H groups in total. The maximum Gasteiger partial charge on any atom is 0.287 e. The van der Waals surface area contributed by atoms with Crippen LogP contribution in [0, 0.1) is 5.41 Å². The number of furan rings is 1. The summed E-state index contributed by atoms with van der Waals surface area (Å²) in [5, 5.41) is 2.83. The number of nitrogens with one attached hydrogen (secondary N) is 1. The van der Waals surface area contributed by atoms with E-state index in [1.807, 2.05) is 0 Å². The molecule has 1 aliphatic heterocycles. The van der Waals surface area contributed by atoms with Gasteiger partial charge in [-0.2, -0.15) is 0 Å². The molecule has 1 unspecified atom stereocenters. The first-order valence-electron chi connectivity index (χ1n) is 7.01. The Morgan fingerprint density at radius 3 is 2.76 bits per heavy atom. The van der Waals surface area contributed by atoms with E-state index in [0.717, 1.165) is 0 Å². The van der Waals surface area contributed by atoms with Crippen molar-refractivity contribution in [1.82, 2.24) is 10.2 Å². The lowest BCUT2D eigenvalue weighted by atomic mass is 9.96. The molecule has 1 fully saturated rings. The second-order valence-corrected chi connectivity index (χ2v) is 6.53. The molecule has 0 radical (unpaired) electrons. The first-order valence-corrected chi connectivity index (χ1v) is 7.01. The molecule has 0 spiro atoms. The van der Waals surface area contributed by atoms with Crippen molar-refractivity contribution in [2.45, 2.75) is 33.2 Å². The number of carbonyl (C=O) groups is 2. The van der Waals surface area contributed by atoms with Crippen LogP contribution < -0.4 is 10.1 Å².